The van der Waals surface area contributed by atoms with Crippen LogP contribution in [-0.4, -0.2) is 41.1 Å². The number of hydrogen-bond donors (Lipinski definition) is 0. The van der Waals surface area contributed by atoms with Crippen LogP contribution in [-0.2, 0) is 13.6 Å². The van der Waals surface area contributed by atoms with Gasteiger partial charge in [0.15, 0.2) is 17.5 Å². The Morgan fingerprint density at radius 2 is 2.16 bits per heavy atom. The van der Waals surface area contributed by atoms with E-state index in [-0.39, 0.29) is 6.04 Å². The lowest BCUT2D eigenvalue weighted by Gasteiger charge is -2.33. The van der Waals surface area contributed by atoms with Crippen LogP contribution in [0.15, 0.2) is 30.2 Å². The van der Waals surface area contributed by atoms with Gasteiger partial charge >= 0.3 is 0 Å². The highest BCUT2D eigenvalue weighted by molar-refractivity contribution is 7.17. The van der Waals surface area contributed by atoms with Gasteiger partial charge in [-0.05, 0) is 18.4 Å². The van der Waals surface area contributed by atoms with Crippen molar-refractivity contribution in [1.82, 2.24) is 34.5 Å². The number of aromatic nitrogens is 7. The maximum Gasteiger partial charge on any atom is 0.167 e. The first kappa shape index (κ1) is 14.5. The van der Waals surface area contributed by atoms with Crippen LogP contribution in [0.3, 0.4) is 0 Å². The Balaban J connectivity index is 1.56. The van der Waals surface area contributed by atoms with Crippen LogP contribution in [0.4, 0.5) is 5.82 Å². The van der Waals surface area contributed by atoms with Crippen LogP contribution < -0.4 is 4.90 Å². The summed E-state index contributed by atoms with van der Waals surface area (Å²) >= 11 is 1.67. The highest BCUT2D eigenvalue weighted by Crippen LogP contribution is 2.33. The van der Waals surface area contributed by atoms with Gasteiger partial charge in [0.2, 0.25) is 0 Å². The average molecular weight is 352 g/mol. The molecule has 1 aliphatic rings. The van der Waals surface area contributed by atoms with Crippen molar-refractivity contribution in [3.05, 3.63) is 36.0 Å². The highest BCUT2D eigenvalue weighted by atomic mass is 32.1. The van der Waals surface area contributed by atoms with Crippen molar-refractivity contribution in [3.8, 4) is 11.4 Å². The van der Waals surface area contributed by atoms with Gasteiger partial charge in [-0.3, -0.25) is 4.68 Å². The minimum atomic E-state index is 0.235. The summed E-state index contributed by atoms with van der Waals surface area (Å²) in [4.78, 5) is 11.1. The number of hydrogen-bond acceptors (Lipinski definition) is 7. The molecule has 0 amide bonds. The summed E-state index contributed by atoms with van der Waals surface area (Å²) in [5.74, 6) is 2.80. The number of rotatable bonds is 2. The van der Waals surface area contributed by atoms with Crippen molar-refractivity contribution in [2.24, 2.45) is 7.05 Å². The van der Waals surface area contributed by atoms with E-state index in [4.69, 9.17) is 0 Å². The molecule has 1 aliphatic heterocycles. The van der Waals surface area contributed by atoms with Crippen LogP contribution in [0, 0.1) is 0 Å². The number of nitrogens with zero attached hydrogens (tertiary/aromatic N) is 8. The topological polar surface area (TPSA) is 77.6 Å². The Morgan fingerprint density at radius 1 is 1.24 bits per heavy atom. The number of anilines is 1. The zero-order valence-electron chi connectivity index (χ0n) is 13.9. The van der Waals surface area contributed by atoms with Crippen molar-refractivity contribution >= 4 is 27.4 Å². The van der Waals surface area contributed by atoms with Crippen molar-refractivity contribution in [1.29, 1.82) is 0 Å². The molecule has 0 unspecified atom stereocenters. The molecular weight excluding hydrogens is 336 g/mol. The van der Waals surface area contributed by atoms with Gasteiger partial charge in [0.05, 0.1) is 34.6 Å². The van der Waals surface area contributed by atoms with Gasteiger partial charge in [-0.2, -0.15) is 5.10 Å². The molecule has 0 saturated heterocycles. The standard InChI is InChI=1S/C16H16N8S/c1-10-6-23(16-14-12(3-4-25-14)17-9-18-16)8-13-20-21-15(24(10)13)11-5-19-22(2)7-11/h3-5,7,9-10H,6,8H2,1-2H3/t10-/m0/s1. The van der Waals surface area contributed by atoms with E-state index in [1.807, 2.05) is 25.5 Å². The van der Waals surface area contributed by atoms with E-state index in [1.165, 1.54) is 0 Å². The Labute approximate surface area is 147 Å². The molecule has 126 valence electrons. The molecule has 0 aliphatic carbocycles. The van der Waals surface area contributed by atoms with Crippen LogP contribution in [0.1, 0.15) is 18.8 Å². The fourth-order valence-corrected chi connectivity index (χ4v) is 4.29. The lowest BCUT2D eigenvalue weighted by atomic mass is 10.2. The smallest absolute Gasteiger partial charge is 0.167 e. The molecule has 25 heavy (non-hydrogen) atoms. The van der Waals surface area contributed by atoms with Gasteiger partial charge in [0.25, 0.3) is 0 Å². The molecule has 5 heterocycles. The van der Waals surface area contributed by atoms with Crippen LogP contribution in [0.2, 0.25) is 0 Å². The monoisotopic (exact) mass is 352 g/mol. The van der Waals surface area contributed by atoms with Gasteiger partial charge < -0.3 is 9.47 Å². The summed E-state index contributed by atoms with van der Waals surface area (Å²) < 4.78 is 5.11. The van der Waals surface area contributed by atoms with Gasteiger partial charge in [0.1, 0.15) is 6.33 Å². The van der Waals surface area contributed by atoms with Crippen molar-refractivity contribution in [2.45, 2.75) is 19.5 Å². The van der Waals surface area contributed by atoms with E-state index >= 15 is 0 Å². The fraction of sp³-hybridized carbons (Fsp3) is 0.312. The molecule has 0 aromatic carbocycles. The maximum atomic E-state index is 4.53. The molecule has 0 spiro atoms. The molecule has 0 N–H and O–H groups in total. The van der Waals surface area contributed by atoms with E-state index in [0.29, 0.717) is 6.54 Å². The molecule has 9 heteroatoms. The van der Waals surface area contributed by atoms with E-state index in [2.05, 4.69) is 47.0 Å². The van der Waals surface area contributed by atoms with Crippen LogP contribution in [0.25, 0.3) is 21.6 Å². The van der Waals surface area contributed by atoms with Gasteiger partial charge in [-0.15, -0.1) is 21.5 Å². The molecule has 0 saturated carbocycles. The lowest BCUT2D eigenvalue weighted by molar-refractivity contribution is 0.465. The highest BCUT2D eigenvalue weighted by Gasteiger charge is 2.29. The quantitative estimate of drug-likeness (QED) is 0.551. The van der Waals surface area contributed by atoms with Gasteiger partial charge in [0, 0.05) is 19.8 Å². The molecule has 4 aromatic rings. The van der Waals surface area contributed by atoms with E-state index in [0.717, 1.165) is 39.8 Å². The summed E-state index contributed by atoms with van der Waals surface area (Å²) in [7, 11) is 1.91. The number of thiophene rings is 1. The largest absolute Gasteiger partial charge is 0.346 e. The van der Waals surface area contributed by atoms with Crippen molar-refractivity contribution < 1.29 is 0 Å². The third kappa shape index (κ3) is 2.23. The van der Waals surface area contributed by atoms with Gasteiger partial charge in [-0.1, -0.05) is 0 Å². The molecular formula is C16H16N8S. The lowest BCUT2D eigenvalue weighted by Crippen LogP contribution is -2.37. The molecule has 0 bridgehead atoms. The van der Waals surface area contributed by atoms with E-state index < -0.39 is 0 Å². The summed E-state index contributed by atoms with van der Waals surface area (Å²) in [5.41, 5.74) is 1.98. The predicted octanol–water partition coefficient (Wildman–Crippen LogP) is 2.26. The first-order valence-electron chi connectivity index (χ1n) is 8.06. The van der Waals surface area contributed by atoms with Crippen LogP contribution >= 0.6 is 11.3 Å². The summed E-state index contributed by atoms with van der Waals surface area (Å²) in [6, 6.07) is 2.26. The van der Waals surface area contributed by atoms with Gasteiger partial charge in [-0.25, -0.2) is 9.97 Å². The molecule has 8 nitrogen and oxygen atoms in total. The predicted molar refractivity (Wildman–Crippen MR) is 95.4 cm³/mol. The summed E-state index contributed by atoms with van der Waals surface area (Å²) in [6.45, 7) is 3.72. The second kappa shape index (κ2) is 5.35. The third-order valence-electron chi connectivity index (χ3n) is 4.51. The normalized spacial score (nSPS) is 17.2. The summed E-state index contributed by atoms with van der Waals surface area (Å²) in [6.07, 6.45) is 5.43. The maximum absolute atomic E-state index is 4.53. The van der Waals surface area contributed by atoms with E-state index in [1.54, 1.807) is 22.3 Å². The Morgan fingerprint density at radius 3 is 3.00 bits per heavy atom. The minimum Gasteiger partial charge on any atom is -0.346 e. The second-order valence-corrected chi connectivity index (χ2v) is 7.19. The molecule has 0 fully saturated rings. The minimum absolute atomic E-state index is 0.235. The van der Waals surface area contributed by atoms with Crippen molar-refractivity contribution in [2.75, 3.05) is 11.4 Å². The number of fused-ring (bicyclic) bond motifs is 2. The molecule has 1 atom stereocenters. The number of aryl methyl sites for hydroxylation is 1. The first-order chi connectivity index (χ1) is 12.2. The Kier molecular flexibility index (Phi) is 3.11. The summed E-state index contributed by atoms with van der Waals surface area (Å²) in [5, 5.41) is 15.1. The zero-order chi connectivity index (χ0) is 17.0. The molecule has 5 rings (SSSR count). The SMILES string of the molecule is C[C@H]1CN(c2ncnc3ccsc23)Cc2nnc(-c3cnn(C)c3)n21. The molecule has 4 aromatic heterocycles. The fourth-order valence-electron chi connectivity index (χ4n) is 3.43. The first-order valence-corrected chi connectivity index (χ1v) is 8.94. The third-order valence-corrected chi connectivity index (χ3v) is 5.41. The second-order valence-electron chi connectivity index (χ2n) is 6.27. The average Bonchev–Trinajstić information content (AvgIpc) is 3.32. The van der Waals surface area contributed by atoms with E-state index in [9.17, 15) is 0 Å². The van der Waals surface area contributed by atoms with Crippen LogP contribution in [0.5, 0.6) is 0 Å². The zero-order valence-corrected chi connectivity index (χ0v) is 14.7. The Bertz CT molecular complexity index is 1060. The van der Waals surface area contributed by atoms with Crippen molar-refractivity contribution in [3.63, 3.8) is 0 Å². The molecule has 0 radical (unpaired) electrons. The Hall–Kier alpha value is -2.81.